The summed E-state index contributed by atoms with van der Waals surface area (Å²) in [5.41, 5.74) is 4.89. The normalized spacial score (nSPS) is 19.6. The molecule has 1 aromatic heterocycles. The van der Waals surface area contributed by atoms with Crippen LogP contribution in [0, 0.1) is 0 Å². The number of rotatable bonds is 7. The number of sulfonamides is 1. The summed E-state index contributed by atoms with van der Waals surface area (Å²) in [6, 6.07) is 3.71. The molecular formula is C16H22N4O6S2. The van der Waals surface area contributed by atoms with Crippen LogP contribution >= 0.6 is 0 Å². The van der Waals surface area contributed by atoms with Crippen LogP contribution in [-0.4, -0.2) is 63.7 Å². The Labute approximate surface area is 165 Å². The molecule has 1 aliphatic heterocycles. The maximum absolute atomic E-state index is 12.6. The van der Waals surface area contributed by atoms with Crippen molar-refractivity contribution in [1.29, 1.82) is 0 Å². The van der Waals surface area contributed by atoms with Crippen molar-refractivity contribution in [2.75, 3.05) is 18.8 Å². The van der Waals surface area contributed by atoms with Crippen LogP contribution in [0.5, 0.6) is 0 Å². The Balaban J connectivity index is 1.93. The van der Waals surface area contributed by atoms with Gasteiger partial charge in [-0.05, 0) is 31.4 Å². The maximum atomic E-state index is 12.6. The molecule has 0 bridgehead atoms. The number of amides is 2. The van der Waals surface area contributed by atoms with E-state index in [9.17, 15) is 27.0 Å². The number of nitrogens with zero attached hydrogens (tertiary/aromatic N) is 2. The molecule has 1 aromatic rings. The van der Waals surface area contributed by atoms with Crippen LogP contribution in [0.2, 0.25) is 0 Å². The molecule has 28 heavy (non-hydrogen) atoms. The Hall–Kier alpha value is -2.18. The topological polar surface area (TPSA) is 157 Å². The van der Waals surface area contributed by atoms with Crippen molar-refractivity contribution >= 4 is 37.8 Å². The lowest BCUT2D eigenvalue weighted by atomic mass is 10.1. The van der Waals surface area contributed by atoms with Crippen molar-refractivity contribution in [2.45, 2.75) is 36.8 Å². The van der Waals surface area contributed by atoms with Crippen molar-refractivity contribution in [1.82, 2.24) is 14.6 Å². The third kappa shape index (κ3) is 5.91. The lowest BCUT2D eigenvalue weighted by Gasteiger charge is -2.19. The highest BCUT2D eigenvalue weighted by Crippen LogP contribution is 2.17. The molecule has 0 aliphatic carbocycles. The molecular weight excluding hydrogens is 408 g/mol. The average Bonchev–Trinajstić information content (AvgIpc) is 2.84. The molecule has 0 radical (unpaired) electrons. The van der Waals surface area contributed by atoms with Crippen molar-refractivity contribution in [3.8, 4) is 0 Å². The summed E-state index contributed by atoms with van der Waals surface area (Å²) in [6.07, 6.45) is 2.24. The van der Waals surface area contributed by atoms with Crippen LogP contribution in [0.4, 0.5) is 4.79 Å². The lowest BCUT2D eigenvalue weighted by molar-refractivity contribution is -0.127. The summed E-state index contributed by atoms with van der Waals surface area (Å²) in [6.45, 7) is -0.204. The van der Waals surface area contributed by atoms with Gasteiger partial charge in [0.1, 0.15) is 10.8 Å². The van der Waals surface area contributed by atoms with Crippen LogP contribution in [0.15, 0.2) is 29.4 Å². The molecule has 2 atom stereocenters. The second-order valence-electron chi connectivity index (χ2n) is 6.21. The van der Waals surface area contributed by atoms with Gasteiger partial charge in [-0.3, -0.25) is 14.4 Å². The summed E-state index contributed by atoms with van der Waals surface area (Å²) in [5.74, 6) is -0.871. The first-order valence-electron chi connectivity index (χ1n) is 8.63. The SMILES string of the molecule is NC(=O)S(=O)CCCC(=O)N[C@H]1CCCN(S(=O)(=O)c2ccccn2)CC1=O. The summed E-state index contributed by atoms with van der Waals surface area (Å²) in [5, 5.41) is 1.51. The number of nitrogens with two attached hydrogens (primary N) is 1. The number of aromatic nitrogens is 1. The third-order valence-corrected chi connectivity index (χ3v) is 7.03. The number of pyridine rings is 1. The predicted molar refractivity (Wildman–Crippen MR) is 101 cm³/mol. The van der Waals surface area contributed by atoms with E-state index in [1.165, 1.54) is 12.3 Å². The minimum Gasteiger partial charge on any atom is -0.358 e. The fourth-order valence-corrected chi connectivity index (χ4v) is 4.70. The molecule has 12 heteroatoms. The average molecular weight is 431 g/mol. The van der Waals surface area contributed by atoms with Gasteiger partial charge >= 0.3 is 5.24 Å². The lowest BCUT2D eigenvalue weighted by Crippen LogP contribution is -2.44. The number of carbonyl (C=O) groups excluding carboxylic acids is 3. The molecule has 2 heterocycles. The van der Waals surface area contributed by atoms with Gasteiger partial charge < -0.3 is 11.1 Å². The van der Waals surface area contributed by atoms with Crippen LogP contribution in [0.1, 0.15) is 25.7 Å². The fraction of sp³-hybridized carbons (Fsp3) is 0.500. The third-order valence-electron chi connectivity index (χ3n) is 4.16. The quantitative estimate of drug-likeness (QED) is 0.592. The molecule has 0 aromatic carbocycles. The van der Waals surface area contributed by atoms with Crippen LogP contribution in [0.25, 0.3) is 0 Å². The predicted octanol–water partition coefficient (Wildman–Crippen LogP) is -0.472. The molecule has 154 valence electrons. The standard InChI is InChI=1S/C16H22N4O6S2/c17-16(23)27(24)10-4-6-14(22)19-12-5-3-9-20(11-13(12)21)28(25,26)15-7-1-2-8-18-15/h1-2,7-8,12H,3-6,9-11H2,(H2,17,23)(H,19,22)/t12-,27?/m0/s1. The largest absolute Gasteiger partial charge is 0.358 e. The number of carbonyl (C=O) groups is 3. The van der Waals surface area contributed by atoms with Gasteiger partial charge in [0.05, 0.1) is 12.6 Å². The van der Waals surface area contributed by atoms with Crippen molar-refractivity contribution in [2.24, 2.45) is 5.73 Å². The highest BCUT2D eigenvalue weighted by atomic mass is 32.2. The number of hydrogen-bond donors (Lipinski definition) is 2. The summed E-state index contributed by atoms with van der Waals surface area (Å²) in [4.78, 5) is 39.0. The zero-order valence-corrected chi connectivity index (χ0v) is 16.7. The van der Waals surface area contributed by atoms with E-state index in [4.69, 9.17) is 5.73 Å². The van der Waals surface area contributed by atoms with E-state index in [0.29, 0.717) is 12.8 Å². The van der Waals surface area contributed by atoms with E-state index in [-0.39, 0.29) is 36.7 Å². The number of nitrogens with one attached hydrogen (secondary N) is 1. The number of Topliss-reactive ketones (excluding diaryl/α,β-unsaturated/α-hetero) is 1. The van der Waals surface area contributed by atoms with Crippen LogP contribution in [-0.2, 0) is 30.4 Å². The minimum absolute atomic E-state index is 0.0151. The van der Waals surface area contributed by atoms with E-state index in [0.717, 1.165) is 4.31 Å². The van der Waals surface area contributed by atoms with Gasteiger partial charge in [0, 0.05) is 24.9 Å². The molecule has 1 saturated heterocycles. The maximum Gasteiger partial charge on any atom is 0.306 e. The molecule has 1 fully saturated rings. The smallest absolute Gasteiger partial charge is 0.306 e. The first-order valence-corrected chi connectivity index (χ1v) is 11.4. The zero-order valence-electron chi connectivity index (χ0n) is 15.1. The van der Waals surface area contributed by atoms with Gasteiger partial charge in [0.2, 0.25) is 5.91 Å². The summed E-state index contributed by atoms with van der Waals surface area (Å²) < 4.78 is 37.6. The number of ketones is 1. The van der Waals surface area contributed by atoms with Gasteiger partial charge in [0.15, 0.2) is 10.8 Å². The molecule has 2 rings (SSSR count). The van der Waals surface area contributed by atoms with Gasteiger partial charge in [-0.1, -0.05) is 6.07 Å². The van der Waals surface area contributed by atoms with E-state index < -0.39 is 43.8 Å². The Morgan fingerprint density at radius 3 is 2.75 bits per heavy atom. The first kappa shape index (κ1) is 22.1. The van der Waals surface area contributed by atoms with E-state index in [1.54, 1.807) is 12.1 Å². The number of primary amides is 1. The molecule has 1 unspecified atom stereocenters. The molecule has 3 N–H and O–H groups in total. The Kier molecular flexibility index (Phi) is 7.78. The molecule has 10 nitrogen and oxygen atoms in total. The van der Waals surface area contributed by atoms with Gasteiger partial charge in [-0.25, -0.2) is 17.6 Å². The molecule has 0 saturated carbocycles. The summed E-state index contributed by atoms with van der Waals surface area (Å²) in [7, 11) is -5.72. The Morgan fingerprint density at radius 1 is 1.36 bits per heavy atom. The van der Waals surface area contributed by atoms with Crippen LogP contribution < -0.4 is 11.1 Å². The zero-order chi connectivity index (χ0) is 20.7. The molecule has 2 amide bonds. The molecule has 1 aliphatic rings. The second-order valence-corrected chi connectivity index (χ2v) is 9.59. The monoisotopic (exact) mass is 430 g/mol. The van der Waals surface area contributed by atoms with Crippen LogP contribution in [0.3, 0.4) is 0 Å². The highest BCUT2D eigenvalue weighted by Gasteiger charge is 2.33. The second kappa shape index (κ2) is 9.85. The van der Waals surface area contributed by atoms with Crippen molar-refractivity contribution < 1.29 is 27.0 Å². The highest BCUT2D eigenvalue weighted by molar-refractivity contribution is 8.00. The van der Waals surface area contributed by atoms with E-state index in [2.05, 4.69) is 10.3 Å². The van der Waals surface area contributed by atoms with Crippen molar-refractivity contribution in [3.63, 3.8) is 0 Å². The van der Waals surface area contributed by atoms with Gasteiger partial charge in [-0.2, -0.15) is 4.31 Å². The Bertz CT molecular complexity index is 859. The number of hydrogen-bond acceptors (Lipinski definition) is 7. The first-order chi connectivity index (χ1) is 13.2. The van der Waals surface area contributed by atoms with Gasteiger partial charge in [0.25, 0.3) is 10.0 Å². The van der Waals surface area contributed by atoms with Gasteiger partial charge in [-0.15, -0.1) is 0 Å². The molecule has 0 spiro atoms. The van der Waals surface area contributed by atoms with Crippen molar-refractivity contribution in [3.05, 3.63) is 24.4 Å². The van der Waals surface area contributed by atoms with E-state index >= 15 is 0 Å². The summed E-state index contributed by atoms with van der Waals surface area (Å²) >= 11 is 0. The van der Waals surface area contributed by atoms with E-state index in [1.807, 2.05) is 0 Å². The minimum atomic E-state index is -3.89. The fourth-order valence-electron chi connectivity index (χ4n) is 2.72. The Morgan fingerprint density at radius 2 is 2.11 bits per heavy atom.